The number of allylic oxidation sites excluding steroid dienone is 4. The Bertz CT molecular complexity index is 1700. The predicted molar refractivity (Wildman–Crippen MR) is 167 cm³/mol. The van der Waals surface area contributed by atoms with Gasteiger partial charge in [0.15, 0.2) is 17.7 Å². The number of sulfonamides is 1. The lowest BCUT2D eigenvalue weighted by molar-refractivity contribution is -0.0500. The number of halogens is 3. The van der Waals surface area contributed by atoms with Crippen molar-refractivity contribution in [3.63, 3.8) is 0 Å². The number of pyridine rings is 1. The first-order chi connectivity index (χ1) is 22.0. The van der Waals surface area contributed by atoms with Crippen molar-refractivity contribution in [2.24, 2.45) is 11.8 Å². The molecule has 1 aliphatic heterocycles. The highest BCUT2D eigenvalue weighted by Crippen LogP contribution is 2.38. The molecule has 0 saturated carbocycles. The molecular weight excluding hydrogens is 623 g/mol. The van der Waals surface area contributed by atoms with Gasteiger partial charge >= 0.3 is 6.61 Å². The van der Waals surface area contributed by atoms with E-state index in [1.54, 1.807) is 31.5 Å². The highest BCUT2D eigenvalue weighted by molar-refractivity contribution is 7.89. The van der Waals surface area contributed by atoms with Crippen LogP contribution in [-0.2, 0) is 10.0 Å². The van der Waals surface area contributed by atoms with E-state index in [-0.39, 0.29) is 22.1 Å². The Labute approximate surface area is 267 Å². The SMILES string of the molecule is COc1cc2c(OC3=CC=C(NS(=O)(=O)c4cccc(OC(F)F)c4)C(C)C3F)ccnc2cc1OCCCN1CCCC(C)C1. The first kappa shape index (κ1) is 33.4. The van der Waals surface area contributed by atoms with Gasteiger partial charge in [0.1, 0.15) is 17.3 Å². The first-order valence-electron chi connectivity index (χ1n) is 15.2. The smallest absolute Gasteiger partial charge is 0.387 e. The predicted octanol–water partition coefficient (Wildman–Crippen LogP) is 6.46. The highest BCUT2D eigenvalue weighted by atomic mass is 32.2. The van der Waals surface area contributed by atoms with Crippen molar-refractivity contribution in [1.82, 2.24) is 14.6 Å². The fourth-order valence-electron chi connectivity index (χ4n) is 5.65. The standard InChI is InChI=1S/C33H38F3N3O6S/c1-21-7-5-14-39(20-21)15-6-16-43-31-19-27-25(18-30(31)42-3)28(12-13-37-27)45-29-11-10-26(22(2)32(29)34)38-46(40,41)24-9-4-8-23(17-24)44-33(35)36/h4,8-13,17-19,21-22,32-33,38H,5-7,14-16,20H2,1-3H3. The van der Waals surface area contributed by atoms with Crippen molar-refractivity contribution >= 4 is 20.9 Å². The van der Waals surface area contributed by atoms with Crippen LogP contribution in [0.2, 0.25) is 0 Å². The van der Waals surface area contributed by atoms with Crippen molar-refractivity contribution in [2.45, 2.75) is 50.8 Å². The summed E-state index contributed by atoms with van der Waals surface area (Å²) in [6.45, 7) is 4.40. The van der Waals surface area contributed by atoms with E-state index in [1.165, 1.54) is 50.1 Å². The Morgan fingerprint density at radius 3 is 2.67 bits per heavy atom. The highest BCUT2D eigenvalue weighted by Gasteiger charge is 2.32. The Morgan fingerprint density at radius 2 is 1.91 bits per heavy atom. The molecule has 5 rings (SSSR count). The lowest BCUT2D eigenvalue weighted by Crippen LogP contribution is -2.35. The Kier molecular flexibility index (Phi) is 10.6. The number of nitrogens with zero attached hydrogens (tertiary/aromatic N) is 2. The molecule has 3 atom stereocenters. The van der Waals surface area contributed by atoms with Crippen LogP contribution in [-0.4, -0.2) is 64.4 Å². The van der Waals surface area contributed by atoms with E-state index >= 15 is 4.39 Å². The van der Waals surface area contributed by atoms with Gasteiger partial charge in [-0.25, -0.2) is 12.8 Å². The number of fused-ring (bicyclic) bond motifs is 1. The molecule has 0 amide bonds. The van der Waals surface area contributed by atoms with Crippen LogP contribution in [0.25, 0.3) is 10.9 Å². The maximum absolute atomic E-state index is 15.7. The third-order valence-corrected chi connectivity index (χ3v) is 9.43. The van der Waals surface area contributed by atoms with Crippen molar-refractivity contribution < 1.29 is 40.5 Å². The molecule has 1 aliphatic carbocycles. The van der Waals surface area contributed by atoms with Crippen molar-refractivity contribution in [2.75, 3.05) is 33.4 Å². The fourth-order valence-corrected chi connectivity index (χ4v) is 6.86. The number of alkyl halides is 3. The number of piperidine rings is 1. The Hall–Kier alpha value is -3.97. The minimum absolute atomic E-state index is 0.0263. The lowest BCUT2D eigenvalue weighted by Gasteiger charge is -2.30. The first-order valence-corrected chi connectivity index (χ1v) is 16.7. The summed E-state index contributed by atoms with van der Waals surface area (Å²) in [5, 5.41) is 0.580. The van der Waals surface area contributed by atoms with Gasteiger partial charge < -0.3 is 23.8 Å². The van der Waals surface area contributed by atoms with E-state index in [1.807, 2.05) is 0 Å². The molecule has 0 bridgehead atoms. The molecule has 1 aromatic heterocycles. The van der Waals surface area contributed by atoms with Crippen LogP contribution < -0.4 is 23.7 Å². The van der Waals surface area contributed by atoms with Crippen LogP contribution in [0.4, 0.5) is 13.2 Å². The molecule has 2 aromatic carbocycles. The number of methoxy groups -OCH3 is 1. The molecule has 13 heteroatoms. The molecule has 2 aliphatic rings. The van der Waals surface area contributed by atoms with Gasteiger partial charge in [0.05, 0.1) is 24.1 Å². The monoisotopic (exact) mass is 661 g/mol. The molecule has 2 heterocycles. The summed E-state index contributed by atoms with van der Waals surface area (Å²) in [6, 6.07) is 9.78. The van der Waals surface area contributed by atoms with Gasteiger partial charge in [-0.15, -0.1) is 0 Å². The molecule has 1 N–H and O–H groups in total. The van der Waals surface area contributed by atoms with Gasteiger partial charge in [0.2, 0.25) is 0 Å². The summed E-state index contributed by atoms with van der Waals surface area (Å²) in [5.74, 6) is 0.809. The Morgan fingerprint density at radius 1 is 1.09 bits per heavy atom. The van der Waals surface area contributed by atoms with Gasteiger partial charge in [-0.05, 0) is 68.1 Å². The van der Waals surface area contributed by atoms with Crippen molar-refractivity contribution in [3.8, 4) is 23.0 Å². The number of aromatic nitrogens is 1. The molecular formula is C33H38F3N3O6S. The molecule has 0 radical (unpaired) electrons. The van der Waals surface area contributed by atoms with E-state index in [2.05, 4.69) is 26.3 Å². The van der Waals surface area contributed by atoms with Gasteiger partial charge in [0.25, 0.3) is 10.0 Å². The summed E-state index contributed by atoms with van der Waals surface area (Å²) in [4.78, 5) is 6.61. The average molecular weight is 662 g/mol. The maximum Gasteiger partial charge on any atom is 0.387 e. The third kappa shape index (κ3) is 8.05. The number of rotatable bonds is 13. The molecule has 3 unspecified atom stereocenters. The summed E-state index contributed by atoms with van der Waals surface area (Å²) < 4.78 is 91.1. The molecule has 1 saturated heterocycles. The second kappa shape index (κ2) is 14.6. The lowest BCUT2D eigenvalue weighted by atomic mass is 9.96. The van der Waals surface area contributed by atoms with Gasteiger partial charge in [0, 0.05) is 48.4 Å². The quantitative estimate of drug-likeness (QED) is 0.209. The minimum Gasteiger partial charge on any atom is -0.493 e. The maximum atomic E-state index is 15.7. The van der Waals surface area contributed by atoms with Crippen molar-refractivity contribution in [3.05, 3.63) is 72.3 Å². The van der Waals surface area contributed by atoms with E-state index < -0.39 is 28.7 Å². The molecule has 3 aromatic rings. The number of hydrogen-bond acceptors (Lipinski definition) is 8. The van der Waals surface area contributed by atoms with Gasteiger partial charge in [-0.1, -0.05) is 19.9 Å². The summed E-state index contributed by atoms with van der Waals surface area (Å²) in [6.07, 6.45) is 5.99. The normalized spacial score (nSPS) is 20.6. The molecule has 46 heavy (non-hydrogen) atoms. The second-order valence-electron chi connectivity index (χ2n) is 11.5. The minimum atomic E-state index is -4.22. The zero-order chi connectivity index (χ0) is 32.8. The number of ether oxygens (including phenoxy) is 4. The molecule has 1 fully saturated rings. The number of hydrogen-bond donors (Lipinski definition) is 1. The van der Waals surface area contributed by atoms with E-state index in [0.29, 0.717) is 34.8 Å². The molecule has 9 nitrogen and oxygen atoms in total. The summed E-state index contributed by atoms with van der Waals surface area (Å²) >= 11 is 0. The van der Waals surface area contributed by atoms with Crippen LogP contribution in [0, 0.1) is 11.8 Å². The van der Waals surface area contributed by atoms with Crippen molar-refractivity contribution in [1.29, 1.82) is 0 Å². The van der Waals surface area contributed by atoms with Crippen LogP contribution >= 0.6 is 0 Å². The Balaban J connectivity index is 1.29. The summed E-state index contributed by atoms with van der Waals surface area (Å²) in [5.41, 5.74) is 0.637. The van der Waals surface area contributed by atoms with Crippen LogP contribution in [0.5, 0.6) is 23.0 Å². The topological polar surface area (TPSA) is 99.2 Å². The molecule has 0 spiro atoms. The molecule has 248 valence electrons. The zero-order valence-electron chi connectivity index (χ0n) is 25.9. The fraction of sp³-hybridized carbons (Fsp3) is 0.424. The zero-order valence-corrected chi connectivity index (χ0v) is 26.7. The van der Waals surface area contributed by atoms with Crippen LogP contribution in [0.15, 0.2) is 77.2 Å². The van der Waals surface area contributed by atoms with Crippen LogP contribution in [0.3, 0.4) is 0 Å². The summed E-state index contributed by atoms with van der Waals surface area (Å²) in [7, 11) is -2.68. The largest absolute Gasteiger partial charge is 0.493 e. The van der Waals surface area contributed by atoms with E-state index in [0.717, 1.165) is 38.0 Å². The van der Waals surface area contributed by atoms with Gasteiger partial charge in [-0.3, -0.25) is 9.71 Å². The average Bonchev–Trinajstić information content (AvgIpc) is 3.02. The van der Waals surface area contributed by atoms with E-state index in [9.17, 15) is 17.2 Å². The second-order valence-corrected chi connectivity index (χ2v) is 13.2. The van der Waals surface area contributed by atoms with Crippen LogP contribution in [0.1, 0.15) is 33.1 Å². The van der Waals surface area contributed by atoms with E-state index in [4.69, 9.17) is 14.2 Å². The number of likely N-dealkylation sites (tertiary alicyclic amines) is 1. The number of benzene rings is 2. The van der Waals surface area contributed by atoms with Gasteiger partial charge in [-0.2, -0.15) is 8.78 Å². The number of nitrogens with one attached hydrogen (secondary N) is 1. The third-order valence-electron chi connectivity index (χ3n) is 8.05.